The third-order valence-corrected chi connectivity index (χ3v) is 13.2. The number of nitrogens with one attached hydrogen (secondary N) is 1. The lowest BCUT2D eigenvalue weighted by Gasteiger charge is -2.38. The van der Waals surface area contributed by atoms with Crippen LogP contribution in [0, 0.1) is 5.92 Å². The number of fused-ring (bicyclic) bond motifs is 2. The standard InChI is InChI=1S/C45H43F3N4O6S/c46-45(47,48)30-3-1-28(2-4-30)42-41(37-12-6-32(53)24-39(37)59-42)58-34-9-7-33(8-10-34)57-35-17-19-50(20-18-35)25-27-15-21-51(22-16-27)31-5-11-36-29(23-31)26-52(44(36)56)38-13-14-40(54)49-43(38)55/h1-12,23-24,27,35,38,53H,13-22,25-26H2,(H,49,54,55). The maximum Gasteiger partial charge on any atom is 0.416 e. The van der Waals surface area contributed by atoms with E-state index in [2.05, 4.69) is 21.2 Å². The molecule has 1 atom stereocenters. The molecule has 1 unspecified atom stereocenters. The minimum atomic E-state index is -4.43. The minimum absolute atomic E-state index is 0.0920. The first kappa shape index (κ1) is 38.9. The number of hydrogen-bond donors (Lipinski definition) is 2. The summed E-state index contributed by atoms with van der Waals surface area (Å²) in [7, 11) is 0. The van der Waals surface area contributed by atoms with Gasteiger partial charge < -0.3 is 29.3 Å². The van der Waals surface area contributed by atoms with E-state index in [1.165, 1.54) is 23.5 Å². The number of aromatic hydroxyl groups is 1. The largest absolute Gasteiger partial charge is 0.508 e. The number of amides is 3. The van der Waals surface area contributed by atoms with Gasteiger partial charge in [0, 0.05) is 67.0 Å². The van der Waals surface area contributed by atoms with Crippen molar-refractivity contribution in [2.45, 2.75) is 63.4 Å². The van der Waals surface area contributed by atoms with Crippen molar-refractivity contribution in [3.05, 3.63) is 102 Å². The number of anilines is 1. The molecule has 0 spiro atoms. The van der Waals surface area contributed by atoms with Crippen LogP contribution in [0.25, 0.3) is 20.5 Å². The summed E-state index contributed by atoms with van der Waals surface area (Å²) in [6.45, 7) is 5.23. The Bertz CT molecular complexity index is 2390. The number of imide groups is 1. The second-order valence-electron chi connectivity index (χ2n) is 15.9. The molecule has 59 heavy (non-hydrogen) atoms. The Morgan fingerprint density at radius 1 is 0.814 bits per heavy atom. The second kappa shape index (κ2) is 15.9. The molecule has 4 aromatic carbocycles. The lowest BCUT2D eigenvalue weighted by Crippen LogP contribution is -2.52. The van der Waals surface area contributed by atoms with Crippen LogP contribution in [0.2, 0.25) is 0 Å². The Hall–Kier alpha value is -5.60. The predicted octanol–water partition coefficient (Wildman–Crippen LogP) is 8.61. The smallest absolute Gasteiger partial charge is 0.416 e. The molecule has 2 N–H and O–H groups in total. The molecular weight excluding hydrogens is 782 g/mol. The first-order chi connectivity index (χ1) is 28.4. The first-order valence-electron chi connectivity index (χ1n) is 20.1. The summed E-state index contributed by atoms with van der Waals surface area (Å²) < 4.78 is 53.3. The molecule has 0 saturated carbocycles. The van der Waals surface area contributed by atoms with Crippen LogP contribution in [0.3, 0.4) is 0 Å². The number of carbonyl (C=O) groups is 3. The average molecular weight is 825 g/mol. The number of halogens is 3. The van der Waals surface area contributed by atoms with Gasteiger partial charge >= 0.3 is 6.18 Å². The van der Waals surface area contributed by atoms with Crippen LogP contribution in [0.4, 0.5) is 18.9 Å². The number of alkyl halides is 3. The van der Waals surface area contributed by atoms with Crippen molar-refractivity contribution in [3.63, 3.8) is 0 Å². The van der Waals surface area contributed by atoms with Crippen molar-refractivity contribution in [2.24, 2.45) is 5.92 Å². The Morgan fingerprint density at radius 3 is 2.25 bits per heavy atom. The van der Waals surface area contributed by atoms with Crippen molar-refractivity contribution in [1.82, 2.24) is 15.1 Å². The van der Waals surface area contributed by atoms with Crippen LogP contribution < -0.4 is 19.7 Å². The molecule has 5 aromatic rings. The van der Waals surface area contributed by atoms with Crippen molar-refractivity contribution in [1.29, 1.82) is 0 Å². The Morgan fingerprint density at radius 2 is 1.54 bits per heavy atom. The number of benzene rings is 4. The van der Waals surface area contributed by atoms with E-state index in [-0.39, 0.29) is 30.1 Å². The van der Waals surface area contributed by atoms with Crippen LogP contribution in [-0.4, -0.2) is 77.5 Å². The van der Waals surface area contributed by atoms with Crippen LogP contribution in [0.15, 0.2) is 84.9 Å². The van der Waals surface area contributed by atoms with Gasteiger partial charge in [0.25, 0.3) is 5.91 Å². The van der Waals surface area contributed by atoms with Gasteiger partial charge in [-0.3, -0.25) is 19.7 Å². The van der Waals surface area contributed by atoms with Gasteiger partial charge in [-0.15, -0.1) is 11.3 Å². The van der Waals surface area contributed by atoms with Crippen molar-refractivity contribution >= 4 is 44.8 Å². The molecule has 1 aromatic heterocycles. The van der Waals surface area contributed by atoms with E-state index in [0.717, 1.165) is 97.6 Å². The summed E-state index contributed by atoms with van der Waals surface area (Å²) in [5.74, 6) is 1.66. The number of rotatable bonds is 9. The SMILES string of the molecule is O=C1CCC(N2Cc3cc(N4CCC(CN5CCC(Oc6ccc(Oc7c(-c8ccc(C(F)(F)F)cc8)sc8cc(O)ccc78)cc6)CC5)CC4)ccc3C2=O)C(=O)N1. The summed E-state index contributed by atoms with van der Waals surface area (Å²) >= 11 is 1.34. The topological polar surface area (TPSA) is 112 Å². The lowest BCUT2D eigenvalue weighted by molar-refractivity contribution is -0.138. The average Bonchev–Trinajstić information content (AvgIpc) is 3.75. The maximum absolute atomic E-state index is 13.2. The van der Waals surface area contributed by atoms with E-state index in [1.807, 2.05) is 36.4 Å². The van der Waals surface area contributed by atoms with Gasteiger partial charge in [0.15, 0.2) is 5.75 Å². The molecule has 9 rings (SSSR count). The monoisotopic (exact) mass is 824 g/mol. The minimum Gasteiger partial charge on any atom is -0.508 e. The number of ether oxygens (including phenoxy) is 2. The number of hydrogen-bond acceptors (Lipinski definition) is 9. The van der Waals surface area contributed by atoms with Gasteiger partial charge in [0.1, 0.15) is 29.4 Å². The molecule has 3 amide bonds. The number of phenols is 1. The van der Waals surface area contributed by atoms with Gasteiger partial charge in [-0.2, -0.15) is 13.2 Å². The summed E-state index contributed by atoms with van der Waals surface area (Å²) in [6, 6.07) is 22.7. The number of phenolic OH excluding ortho intramolecular Hbond substituents is 1. The molecule has 5 heterocycles. The van der Waals surface area contributed by atoms with Gasteiger partial charge in [-0.25, -0.2) is 0 Å². The normalized spacial score (nSPS) is 19.6. The van der Waals surface area contributed by atoms with E-state index < -0.39 is 23.7 Å². The molecule has 0 bridgehead atoms. The highest BCUT2D eigenvalue weighted by Crippen LogP contribution is 2.48. The molecule has 4 aliphatic rings. The Balaban J connectivity index is 0.752. The molecule has 306 valence electrons. The van der Waals surface area contributed by atoms with Crippen LogP contribution in [0.1, 0.15) is 60.0 Å². The molecule has 0 aliphatic carbocycles. The van der Waals surface area contributed by atoms with Crippen LogP contribution in [0.5, 0.6) is 23.0 Å². The van der Waals surface area contributed by atoms with E-state index in [1.54, 1.807) is 23.1 Å². The predicted molar refractivity (Wildman–Crippen MR) is 218 cm³/mol. The van der Waals surface area contributed by atoms with Crippen LogP contribution in [-0.2, 0) is 22.3 Å². The molecule has 4 aliphatic heterocycles. The van der Waals surface area contributed by atoms with Crippen molar-refractivity contribution in [2.75, 3.05) is 37.6 Å². The summed E-state index contributed by atoms with van der Waals surface area (Å²) in [5.41, 5.74) is 2.52. The third kappa shape index (κ3) is 8.20. The van der Waals surface area contributed by atoms with E-state index in [4.69, 9.17) is 9.47 Å². The highest BCUT2D eigenvalue weighted by Gasteiger charge is 2.39. The van der Waals surface area contributed by atoms with E-state index in [9.17, 15) is 32.7 Å². The number of thiophene rings is 1. The molecule has 0 radical (unpaired) electrons. The second-order valence-corrected chi connectivity index (χ2v) is 16.9. The molecular formula is C45H43F3N4O6S. The zero-order valence-electron chi connectivity index (χ0n) is 32.2. The van der Waals surface area contributed by atoms with Crippen molar-refractivity contribution in [3.8, 4) is 33.4 Å². The fraction of sp³-hybridized carbons (Fsp3) is 0.356. The molecule has 10 nitrogen and oxygen atoms in total. The fourth-order valence-corrected chi connectivity index (χ4v) is 9.93. The highest BCUT2D eigenvalue weighted by atomic mass is 32.1. The number of carbonyl (C=O) groups excluding carboxylic acids is 3. The van der Waals surface area contributed by atoms with Crippen LogP contribution >= 0.6 is 11.3 Å². The zero-order chi connectivity index (χ0) is 40.8. The van der Waals surface area contributed by atoms with E-state index in [0.29, 0.717) is 46.4 Å². The Labute approximate surface area is 343 Å². The summed E-state index contributed by atoms with van der Waals surface area (Å²) in [6.07, 6.45) is 0.260. The maximum atomic E-state index is 13.2. The molecule has 3 fully saturated rings. The quantitative estimate of drug-likeness (QED) is 0.142. The lowest BCUT2D eigenvalue weighted by atomic mass is 9.94. The third-order valence-electron chi connectivity index (χ3n) is 12.0. The zero-order valence-corrected chi connectivity index (χ0v) is 33.0. The van der Waals surface area contributed by atoms with Crippen molar-refractivity contribution < 1.29 is 42.1 Å². The highest BCUT2D eigenvalue weighted by molar-refractivity contribution is 7.22. The number of likely N-dealkylation sites (tertiary alicyclic amines) is 1. The number of piperidine rings is 3. The molecule has 14 heteroatoms. The number of nitrogens with zero attached hydrogens (tertiary/aromatic N) is 3. The first-order valence-corrected chi connectivity index (χ1v) is 20.9. The van der Waals surface area contributed by atoms with Gasteiger partial charge in [0.2, 0.25) is 11.8 Å². The summed E-state index contributed by atoms with van der Waals surface area (Å²) in [5, 5.41) is 13.2. The summed E-state index contributed by atoms with van der Waals surface area (Å²) in [4.78, 5) is 44.4. The fourth-order valence-electron chi connectivity index (χ4n) is 8.77. The van der Waals surface area contributed by atoms with E-state index >= 15 is 0 Å². The Kier molecular flexibility index (Phi) is 10.5. The van der Waals surface area contributed by atoms with Gasteiger partial charge in [-0.05, 0) is 122 Å². The molecule has 3 saturated heterocycles. The van der Waals surface area contributed by atoms with Gasteiger partial charge in [0.05, 0.1) is 10.4 Å². The van der Waals surface area contributed by atoms with Gasteiger partial charge in [-0.1, -0.05) is 12.1 Å².